The molecule has 1 atom stereocenters. The highest BCUT2D eigenvalue weighted by molar-refractivity contribution is 9.10. The van der Waals surface area contributed by atoms with Crippen molar-refractivity contribution in [2.45, 2.75) is 19.4 Å². The van der Waals surface area contributed by atoms with Gasteiger partial charge >= 0.3 is 5.97 Å². The van der Waals surface area contributed by atoms with Crippen LogP contribution in [0.5, 0.6) is 0 Å². The first-order chi connectivity index (χ1) is 8.99. The van der Waals surface area contributed by atoms with Crippen LogP contribution in [0.3, 0.4) is 0 Å². The van der Waals surface area contributed by atoms with Gasteiger partial charge < -0.3 is 15.4 Å². The van der Waals surface area contributed by atoms with Gasteiger partial charge in [0.05, 0.1) is 5.69 Å². The Kier molecular flexibility index (Phi) is 4.01. The summed E-state index contributed by atoms with van der Waals surface area (Å²) in [5, 5.41) is 8.80. The first-order valence-corrected chi connectivity index (χ1v) is 6.55. The van der Waals surface area contributed by atoms with Crippen LogP contribution in [0, 0.1) is 6.92 Å². The largest absolute Gasteiger partial charge is 0.480 e. The first-order valence-electron chi connectivity index (χ1n) is 5.76. The zero-order chi connectivity index (χ0) is 14.0. The number of benzene rings is 1. The average Bonchev–Trinajstić information content (AvgIpc) is 2.75. The summed E-state index contributed by atoms with van der Waals surface area (Å²) in [6.45, 7) is 1.92. The molecule has 1 heterocycles. The van der Waals surface area contributed by atoms with E-state index in [4.69, 9.17) is 10.8 Å². The topological polar surface area (TPSA) is 81.1 Å². The molecule has 0 aliphatic rings. The van der Waals surface area contributed by atoms with E-state index in [2.05, 4.69) is 20.9 Å². The van der Waals surface area contributed by atoms with Crippen LogP contribution in [0.1, 0.15) is 11.4 Å². The molecule has 0 aliphatic heterocycles. The molecule has 6 heteroatoms. The quantitative estimate of drug-likeness (QED) is 0.900. The second-order valence-corrected chi connectivity index (χ2v) is 5.13. The monoisotopic (exact) mass is 323 g/mol. The van der Waals surface area contributed by atoms with Gasteiger partial charge in [-0.3, -0.25) is 4.79 Å². The normalized spacial score (nSPS) is 12.4. The number of aliphatic carboxylic acids is 1. The van der Waals surface area contributed by atoms with Crippen LogP contribution in [0.2, 0.25) is 0 Å². The molecule has 0 saturated carbocycles. The number of hydrogen-bond donors (Lipinski definition) is 2. The van der Waals surface area contributed by atoms with Crippen LogP contribution in [-0.4, -0.2) is 26.7 Å². The number of rotatable bonds is 4. The van der Waals surface area contributed by atoms with Crippen LogP contribution >= 0.6 is 15.9 Å². The molecule has 1 unspecified atom stereocenters. The fraction of sp³-hybridized carbons (Fsp3) is 0.231. The molecule has 0 spiro atoms. The van der Waals surface area contributed by atoms with Gasteiger partial charge in [0.1, 0.15) is 11.9 Å². The third-order valence-corrected chi connectivity index (χ3v) is 3.51. The molecule has 1 aromatic carbocycles. The van der Waals surface area contributed by atoms with Crippen molar-refractivity contribution in [2.24, 2.45) is 5.73 Å². The van der Waals surface area contributed by atoms with Crippen molar-refractivity contribution in [3.63, 3.8) is 0 Å². The van der Waals surface area contributed by atoms with Gasteiger partial charge in [0.2, 0.25) is 0 Å². The molecular weight excluding hydrogens is 310 g/mol. The number of halogens is 1. The van der Waals surface area contributed by atoms with E-state index in [0.29, 0.717) is 6.42 Å². The number of carboxylic acid groups (broad SMARTS) is 1. The van der Waals surface area contributed by atoms with E-state index in [-0.39, 0.29) is 0 Å². The van der Waals surface area contributed by atoms with Crippen LogP contribution < -0.4 is 5.73 Å². The van der Waals surface area contributed by atoms with E-state index in [1.54, 1.807) is 6.20 Å². The Labute approximate surface area is 119 Å². The smallest absolute Gasteiger partial charge is 0.320 e. The highest BCUT2D eigenvalue weighted by Crippen LogP contribution is 2.24. The Morgan fingerprint density at radius 1 is 1.58 bits per heavy atom. The number of aryl methyl sites for hydroxylation is 1. The maximum Gasteiger partial charge on any atom is 0.320 e. The van der Waals surface area contributed by atoms with E-state index < -0.39 is 12.0 Å². The summed E-state index contributed by atoms with van der Waals surface area (Å²) in [6, 6.07) is 4.80. The minimum Gasteiger partial charge on any atom is -0.480 e. The third kappa shape index (κ3) is 3.02. The number of imidazole rings is 1. The summed E-state index contributed by atoms with van der Waals surface area (Å²) in [7, 11) is 0. The minimum absolute atomic E-state index is 0.303. The number of hydrogen-bond acceptors (Lipinski definition) is 3. The SMILES string of the molecule is Cc1nccn1-c1ccc(CC(N)C(=O)O)cc1Br. The standard InChI is InChI=1S/C13H14BrN3O2/c1-8-16-4-5-17(8)12-3-2-9(6-10(12)14)7-11(15)13(18)19/h2-6,11H,7,15H2,1H3,(H,18,19). The number of nitrogens with two attached hydrogens (primary N) is 1. The molecular formula is C13H14BrN3O2. The molecule has 0 bridgehead atoms. The number of aromatic nitrogens is 2. The summed E-state index contributed by atoms with van der Waals surface area (Å²) in [6.07, 6.45) is 3.91. The van der Waals surface area contributed by atoms with Gasteiger partial charge in [-0.25, -0.2) is 4.98 Å². The first kappa shape index (κ1) is 13.8. The Balaban J connectivity index is 2.28. The second-order valence-electron chi connectivity index (χ2n) is 4.28. The number of carbonyl (C=O) groups is 1. The fourth-order valence-corrected chi connectivity index (χ4v) is 2.46. The van der Waals surface area contributed by atoms with Gasteiger partial charge in [-0.2, -0.15) is 0 Å². The van der Waals surface area contributed by atoms with Crippen molar-refractivity contribution in [2.75, 3.05) is 0 Å². The zero-order valence-electron chi connectivity index (χ0n) is 10.4. The molecule has 5 nitrogen and oxygen atoms in total. The summed E-state index contributed by atoms with van der Waals surface area (Å²) in [5.41, 5.74) is 7.36. The summed E-state index contributed by atoms with van der Waals surface area (Å²) in [4.78, 5) is 14.9. The molecule has 19 heavy (non-hydrogen) atoms. The van der Waals surface area contributed by atoms with Crippen molar-refractivity contribution in [1.82, 2.24) is 9.55 Å². The average molecular weight is 324 g/mol. The highest BCUT2D eigenvalue weighted by Gasteiger charge is 2.13. The van der Waals surface area contributed by atoms with Crippen molar-refractivity contribution in [1.29, 1.82) is 0 Å². The van der Waals surface area contributed by atoms with Gasteiger partial charge in [-0.1, -0.05) is 6.07 Å². The lowest BCUT2D eigenvalue weighted by molar-refractivity contribution is -0.138. The molecule has 100 valence electrons. The Morgan fingerprint density at radius 2 is 2.32 bits per heavy atom. The van der Waals surface area contributed by atoms with E-state index in [0.717, 1.165) is 21.5 Å². The Bertz CT molecular complexity index is 610. The van der Waals surface area contributed by atoms with Crippen LogP contribution in [0.25, 0.3) is 5.69 Å². The predicted octanol–water partition coefficient (Wildman–Crippen LogP) is 1.90. The van der Waals surface area contributed by atoms with E-state index in [1.165, 1.54) is 0 Å². The lowest BCUT2D eigenvalue weighted by Crippen LogP contribution is -2.32. The summed E-state index contributed by atoms with van der Waals surface area (Å²) in [5.74, 6) is -0.110. The molecule has 0 aliphatic carbocycles. The van der Waals surface area contributed by atoms with Crippen molar-refractivity contribution in [3.8, 4) is 5.69 Å². The third-order valence-electron chi connectivity index (χ3n) is 2.87. The van der Waals surface area contributed by atoms with Crippen molar-refractivity contribution < 1.29 is 9.90 Å². The lowest BCUT2D eigenvalue weighted by atomic mass is 10.1. The van der Waals surface area contributed by atoms with E-state index in [9.17, 15) is 4.79 Å². The van der Waals surface area contributed by atoms with Crippen molar-refractivity contribution in [3.05, 3.63) is 46.5 Å². The van der Waals surface area contributed by atoms with Gasteiger partial charge in [0, 0.05) is 16.9 Å². The van der Waals surface area contributed by atoms with Gasteiger partial charge in [0.25, 0.3) is 0 Å². The highest BCUT2D eigenvalue weighted by atomic mass is 79.9. The molecule has 0 saturated heterocycles. The maximum atomic E-state index is 10.7. The van der Waals surface area contributed by atoms with E-state index >= 15 is 0 Å². The van der Waals surface area contributed by atoms with Crippen LogP contribution in [0.4, 0.5) is 0 Å². The molecule has 1 aromatic heterocycles. The summed E-state index contributed by atoms with van der Waals surface area (Å²) < 4.78 is 2.83. The molecule has 3 N–H and O–H groups in total. The zero-order valence-corrected chi connectivity index (χ0v) is 12.0. The fourth-order valence-electron chi connectivity index (χ4n) is 1.85. The summed E-state index contributed by atoms with van der Waals surface area (Å²) >= 11 is 3.49. The Morgan fingerprint density at radius 3 is 2.84 bits per heavy atom. The van der Waals surface area contributed by atoms with Gasteiger partial charge in [-0.05, 0) is 47.0 Å². The molecule has 0 fully saturated rings. The maximum absolute atomic E-state index is 10.7. The second kappa shape index (κ2) is 5.54. The van der Waals surface area contributed by atoms with Gasteiger partial charge in [0.15, 0.2) is 0 Å². The number of nitrogens with zero attached hydrogens (tertiary/aromatic N) is 2. The molecule has 2 rings (SSSR count). The minimum atomic E-state index is -0.995. The lowest BCUT2D eigenvalue weighted by Gasteiger charge is -2.11. The predicted molar refractivity (Wildman–Crippen MR) is 75.3 cm³/mol. The van der Waals surface area contributed by atoms with Gasteiger partial charge in [-0.15, -0.1) is 0 Å². The molecule has 0 radical (unpaired) electrons. The number of carboxylic acids is 1. The van der Waals surface area contributed by atoms with Crippen molar-refractivity contribution >= 4 is 21.9 Å². The Hall–Kier alpha value is -1.66. The molecule has 0 amide bonds. The van der Waals surface area contributed by atoms with Crippen LogP contribution in [0.15, 0.2) is 35.1 Å². The van der Waals surface area contributed by atoms with Crippen LogP contribution in [-0.2, 0) is 11.2 Å². The van der Waals surface area contributed by atoms with E-state index in [1.807, 2.05) is 35.9 Å². The molecule has 2 aromatic rings.